The van der Waals surface area contributed by atoms with E-state index in [-0.39, 0.29) is 5.95 Å². The Balaban J connectivity index is 1.47. The molecule has 11 heteroatoms. The van der Waals surface area contributed by atoms with Gasteiger partial charge in [0, 0.05) is 24.5 Å². The van der Waals surface area contributed by atoms with Crippen LogP contribution in [0.15, 0.2) is 48.5 Å². The van der Waals surface area contributed by atoms with E-state index in [4.69, 9.17) is 23.2 Å². The van der Waals surface area contributed by atoms with E-state index in [0.29, 0.717) is 27.6 Å². The van der Waals surface area contributed by atoms with Crippen LogP contribution in [-0.4, -0.2) is 34.1 Å². The van der Waals surface area contributed by atoms with E-state index in [1.807, 2.05) is 30.3 Å². The van der Waals surface area contributed by atoms with Crippen LogP contribution in [0.2, 0.25) is 10.0 Å². The highest BCUT2D eigenvalue weighted by atomic mass is 35.5. The van der Waals surface area contributed by atoms with Gasteiger partial charge in [0.25, 0.3) is 0 Å². The standard InChI is InChI=1S/C21H22Cl2N8O/c22-16-10-9-15(13-17(16)23)25-21(32)30-29-19-26-18(24-14-7-3-1-4-8-14)27-20(28-19)31-11-5-2-6-12-31/h1,3-4,7-10,13H,2,5-6,11-12H2,(H2,25,30,32)(H2,24,26,27,28,29). The lowest BCUT2D eigenvalue weighted by Gasteiger charge is -2.27. The van der Waals surface area contributed by atoms with Gasteiger partial charge in [-0.05, 0) is 49.6 Å². The minimum absolute atomic E-state index is 0.211. The number of amides is 2. The maximum atomic E-state index is 12.3. The molecule has 4 N–H and O–H groups in total. The van der Waals surface area contributed by atoms with Gasteiger partial charge in [0.05, 0.1) is 10.0 Å². The zero-order valence-corrected chi connectivity index (χ0v) is 18.6. The van der Waals surface area contributed by atoms with Crippen LogP contribution in [0.4, 0.5) is 34.0 Å². The number of urea groups is 1. The van der Waals surface area contributed by atoms with Gasteiger partial charge in [-0.15, -0.1) is 0 Å². The summed E-state index contributed by atoms with van der Waals surface area (Å²) < 4.78 is 0. The normalized spacial score (nSPS) is 13.4. The minimum atomic E-state index is -0.513. The monoisotopic (exact) mass is 472 g/mol. The molecule has 2 heterocycles. The van der Waals surface area contributed by atoms with Crippen molar-refractivity contribution in [2.75, 3.05) is 34.0 Å². The summed E-state index contributed by atoms with van der Waals surface area (Å²) in [4.78, 5) is 27.8. The number of aromatic nitrogens is 3. The van der Waals surface area contributed by atoms with Gasteiger partial charge < -0.3 is 15.5 Å². The molecule has 2 amide bonds. The molecule has 0 aliphatic carbocycles. The summed E-state index contributed by atoms with van der Waals surface area (Å²) in [6, 6.07) is 13.9. The van der Waals surface area contributed by atoms with Gasteiger partial charge in [0.1, 0.15) is 0 Å². The van der Waals surface area contributed by atoms with Gasteiger partial charge in [-0.25, -0.2) is 10.2 Å². The largest absolute Gasteiger partial charge is 0.341 e. The Labute approximate surface area is 195 Å². The lowest BCUT2D eigenvalue weighted by Crippen LogP contribution is -2.35. The van der Waals surface area contributed by atoms with Crippen molar-refractivity contribution < 1.29 is 4.79 Å². The fourth-order valence-corrected chi connectivity index (χ4v) is 3.51. The summed E-state index contributed by atoms with van der Waals surface area (Å²) in [6.07, 6.45) is 3.36. The van der Waals surface area contributed by atoms with E-state index in [9.17, 15) is 4.79 Å². The number of anilines is 5. The first-order chi connectivity index (χ1) is 15.6. The highest BCUT2D eigenvalue weighted by molar-refractivity contribution is 6.42. The predicted octanol–water partition coefficient (Wildman–Crippen LogP) is 5.06. The van der Waals surface area contributed by atoms with Gasteiger partial charge in [0.15, 0.2) is 0 Å². The molecule has 4 rings (SSSR count). The molecule has 0 atom stereocenters. The van der Waals surface area contributed by atoms with Crippen LogP contribution < -0.4 is 26.4 Å². The lowest BCUT2D eigenvalue weighted by atomic mass is 10.1. The lowest BCUT2D eigenvalue weighted by molar-refractivity contribution is 0.253. The Hall–Kier alpha value is -3.30. The first-order valence-corrected chi connectivity index (χ1v) is 10.9. The molecule has 0 bridgehead atoms. The number of carbonyl (C=O) groups is 1. The van der Waals surface area contributed by atoms with E-state index < -0.39 is 6.03 Å². The summed E-state index contributed by atoms with van der Waals surface area (Å²) in [7, 11) is 0. The van der Waals surface area contributed by atoms with Crippen LogP contribution in [0.25, 0.3) is 0 Å². The van der Waals surface area contributed by atoms with E-state index in [0.717, 1.165) is 31.6 Å². The van der Waals surface area contributed by atoms with E-state index in [2.05, 4.69) is 41.3 Å². The van der Waals surface area contributed by atoms with Gasteiger partial charge in [-0.2, -0.15) is 15.0 Å². The summed E-state index contributed by atoms with van der Waals surface area (Å²) in [5.41, 5.74) is 6.62. The van der Waals surface area contributed by atoms with Crippen molar-refractivity contribution in [3.05, 3.63) is 58.6 Å². The zero-order chi connectivity index (χ0) is 22.3. The van der Waals surface area contributed by atoms with Crippen LogP contribution in [-0.2, 0) is 0 Å². The number of carbonyl (C=O) groups excluding carboxylic acids is 1. The average molecular weight is 473 g/mol. The number of piperidine rings is 1. The third-order valence-corrected chi connectivity index (χ3v) is 5.50. The molecule has 0 radical (unpaired) electrons. The van der Waals surface area contributed by atoms with E-state index in [1.165, 1.54) is 6.42 Å². The second-order valence-corrected chi connectivity index (χ2v) is 7.97. The molecule has 1 fully saturated rings. The van der Waals surface area contributed by atoms with Crippen molar-refractivity contribution >= 4 is 58.5 Å². The van der Waals surface area contributed by atoms with Gasteiger partial charge >= 0.3 is 6.03 Å². The number of nitrogens with zero attached hydrogens (tertiary/aromatic N) is 4. The number of hydrazine groups is 1. The van der Waals surface area contributed by atoms with E-state index >= 15 is 0 Å². The van der Waals surface area contributed by atoms with Crippen molar-refractivity contribution in [3.8, 4) is 0 Å². The highest BCUT2D eigenvalue weighted by Gasteiger charge is 2.17. The Morgan fingerprint density at radius 3 is 2.34 bits per heavy atom. The molecule has 166 valence electrons. The number of hydrogen-bond donors (Lipinski definition) is 4. The maximum Gasteiger partial charge on any atom is 0.337 e. The van der Waals surface area contributed by atoms with Crippen molar-refractivity contribution in [2.24, 2.45) is 0 Å². The molecule has 9 nitrogen and oxygen atoms in total. The van der Waals surface area contributed by atoms with Gasteiger partial charge in [-0.3, -0.25) is 5.43 Å². The Morgan fingerprint density at radius 2 is 1.59 bits per heavy atom. The first-order valence-electron chi connectivity index (χ1n) is 10.2. The molecule has 0 unspecified atom stereocenters. The van der Waals surface area contributed by atoms with Crippen molar-refractivity contribution in [1.29, 1.82) is 0 Å². The number of hydrogen-bond acceptors (Lipinski definition) is 7. The Kier molecular flexibility index (Phi) is 7.08. The second-order valence-electron chi connectivity index (χ2n) is 7.15. The first kappa shape index (κ1) is 21.9. The van der Waals surface area contributed by atoms with Crippen LogP contribution in [0.5, 0.6) is 0 Å². The van der Waals surface area contributed by atoms with Crippen LogP contribution in [0.1, 0.15) is 19.3 Å². The predicted molar refractivity (Wildman–Crippen MR) is 128 cm³/mol. The molecular formula is C21H22Cl2N8O. The zero-order valence-electron chi connectivity index (χ0n) is 17.1. The molecule has 2 aromatic carbocycles. The van der Waals surface area contributed by atoms with Gasteiger partial charge in [-0.1, -0.05) is 41.4 Å². The fraction of sp³-hybridized carbons (Fsp3) is 0.238. The van der Waals surface area contributed by atoms with Crippen LogP contribution >= 0.6 is 23.2 Å². The van der Waals surface area contributed by atoms with E-state index in [1.54, 1.807) is 18.2 Å². The molecule has 1 aromatic heterocycles. The molecule has 3 aromatic rings. The maximum absolute atomic E-state index is 12.3. The Morgan fingerprint density at radius 1 is 0.844 bits per heavy atom. The molecule has 1 aliphatic rings. The second kappa shape index (κ2) is 10.3. The molecule has 1 aliphatic heterocycles. The molecule has 32 heavy (non-hydrogen) atoms. The molecule has 0 spiro atoms. The van der Waals surface area contributed by atoms with Crippen molar-refractivity contribution in [2.45, 2.75) is 19.3 Å². The topological polar surface area (TPSA) is 107 Å². The molecule has 1 saturated heterocycles. The SMILES string of the molecule is O=C(NNc1nc(Nc2ccccc2)nc(N2CCCCC2)n1)Nc1ccc(Cl)c(Cl)c1. The van der Waals surface area contributed by atoms with Crippen LogP contribution in [0.3, 0.4) is 0 Å². The molecule has 0 saturated carbocycles. The number of para-hydroxylation sites is 1. The smallest absolute Gasteiger partial charge is 0.337 e. The number of benzene rings is 2. The summed E-state index contributed by atoms with van der Waals surface area (Å²) in [5.74, 6) is 1.14. The number of nitrogens with one attached hydrogen (secondary N) is 4. The number of rotatable bonds is 6. The van der Waals surface area contributed by atoms with Crippen LogP contribution in [0, 0.1) is 0 Å². The fourth-order valence-electron chi connectivity index (χ4n) is 3.21. The van der Waals surface area contributed by atoms with Gasteiger partial charge in [0.2, 0.25) is 17.8 Å². The van der Waals surface area contributed by atoms with Crippen molar-refractivity contribution in [3.63, 3.8) is 0 Å². The Bertz CT molecular complexity index is 1080. The average Bonchev–Trinajstić information content (AvgIpc) is 2.81. The van der Waals surface area contributed by atoms with Crippen molar-refractivity contribution in [1.82, 2.24) is 20.4 Å². The minimum Gasteiger partial charge on any atom is -0.341 e. The number of halogens is 2. The third kappa shape index (κ3) is 5.89. The molecular weight excluding hydrogens is 451 g/mol. The summed E-state index contributed by atoms with van der Waals surface area (Å²) in [6.45, 7) is 1.75. The quantitative estimate of drug-likeness (QED) is 0.371. The highest BCUT2D eigenvalue weighted by Crippen LogP contribution is 2.25. The summed E-state index contributed by atoms with van der Waals surface area (Å²) >= 11 is 11.9. The third-order valence-electron chi connectivity index (χ3n) is 4.76. The summed E-state index contributed by atoms with van der Waals surface area (Å²) in [5, 5.41) is 6.59.